The lowest BCUT2D eigenvalue weighted by atomic mass is 9.60. The van der Waals surface area contributed by atoms with E-state index in [2.05, 4.69) is 128 Å². The van der Waals surface area contributed by atoms with Gasteiger partial charge in [0.25, 0.3) is 0 Å². The van der Waals surface area contributed by atoms with Crippen molar-refractivity contribution in [3.05, 3.63) is 82.9 Å². The molecule has 1 aliphatic rings. The number of nitrogens with zero attached hydrogens (tertiary/aromatic N) is 1. The number of anilines is 2. The molecule has 34 heavy (non-hydrogen) atoms. The van der Waals surface area contributed by atoms with E-state index in [1.165, 1.54) is 55.2 Å². The van der Waals surface area contributed by atoms with Gasteiger partial charge in [-0.15, -0.1) is 0 Å². The molecule has 0 atom stereocenters. The van der Waals surface area contributed by atoms with E-state index in [1.54, 1.807) is 0 Å². The number of benzene rings is 4. The molecule has 176 valence electrons. The average molecular weight is 450 g/mol. The van der Waals surface area contributed by atoms with Gasteiger partial charge >= 0.3 is 0 Å². The van der Waals surface area contributed by atoms with Crippen molar-refractivity contribution in [1.29, 1.82) is 0 Å². The van der Waals surface area contributed by atoms with Crippen LogP contribution in [0.2, 0.25) is 0 Å². The topological polar surface area (TPSA) is 3.24 Å². The van der Waals surface area contributed by atoms with Gasteiger partial charge in [0.15, 0.2) is 0 Å². The Morgan fingerprint density at radius 3 is 2.09 bits per heavy atom. The van der Waals surface area contributed by atoms with Gasteiger partial charge < -0.3 is 4.90 Å². The third kappa shape index (κ3) is 2.98. The van der Waals surface area contributed by atoms with Gasteiger partial charge in [0.1, 0.15) is 0 Å². The van der Waals surface area contributed by atoms with Crippen molar-refractivity contribution in [2.75, 3.05) is 11.9 Å². The van der Waals surface area contributed by atoms with Crippen LogP contribution in [0.5, 0.6) is 0 Å². The van der Waals surface area contributed by atoms with E-state index in [0.717, 1.165) is 6.42 Å². The molecular formula is C33H39N. The summed E-state index contributed by atoms with van der Waals surface area (Å²) in [6.45, 7) is 19.0. The molecule has 1 nitrogen and oxygen atoms in total. The van der Waals surface area contributed by atoms with Gasteiger partial charge in [-0.25, -0.2) is 0 Å². The van der Waals surface area contributed by atoms with Crippen molar-refractivity contribution < 1.29 is 0 Å². The summed E-state index contributed by atoms with van der Waals surface area (Å²) < 4.78 is 0. The average Bonchev–Trinajstić information content (AvgIpc) is 2.86. The summed E-state index contributed by atoms with van der Waals surface area (Å²) in [5, 5.41) is 5.45. The van der Waals surface area contributed by atoms with Gasteiger partial charge in [-0.3, -0.25) is 0 Å². The number of hydrogen-bond donors (Lipinski definition) is 0. The summed E-state index contributed by atoms with van der Waals surface area (Å²) in [6, 6.07) is 23.2. The molecule has 0 bridgehead atoms. The first kappa shape index (κ1) is 23.0. The number of aryl methyl sites for hydroxylation is 1. The number of fused-ring (bicyclic) bond motifs is 7. The minimum atomic E-state index is -0.0904. The molecule has 4 aromatic rings. The Hall–Kier alpha value is -2.80. The highest BCUT2D eigenvalue weighted by Crippen LogP contribution is 2.57. The Labute approximate surface area is 205 Å². The summed E-state index contributed by atoms with van der Waals surface area (Å²) >= 11 is 0. The molecule has 0 spiro atoms. The van der Waals surface area contributed by atoms with Crippen molar-refractivity contribution in [1.82, 2.24) is 0 Å². The number of rotatable bonds is 2. The fourth-order valence-electron chi connectivity index (χ4n) is 5.99. The van der Waals surface area contributed by atoms with Crippen LogP contribution in [-0.2, 0) is 16.2 Å². The Morgan fingerprint density at radius 2 is 1.41 bits per heavy atom. The standard InChI is InChI=1S/C33H39N/c1-10-31(3,4)22-16-17-24-23-13-11-12-14-25(23)30-29(26(24)20-22)33(7,8)32(5,6)27-19-21(2)15-18-28(27)34(30)9/h11-20H,10H2,1-9H3. The van der Waals surface area contributed by atoms with E-state index >= 15 is 0 Å². The SMILES string of the molecule is CCC(C)(C)c1ccc2c(c1)c1c(c3ccccc32)N(C)c2ccc(C)cc2C(C)(C)C1(C)C. The predicted octanol–water partition coefficient (Wildman–Crippen LogP) is 9.33. The maximum atomic E-state index is 2.51. The van der Waals surface area contributed by atoms with Gasteiger partial charge in [0.05, 0.1) is 5.69 Å². The van der Waals surface area contributed by atoms with Crippen LogP contribution in [0.25, 0.3) is 21.5 Å². The van der Waals surface area contributed by atoms with Crippen LogP contribution in [0.15, 0.2) is 60.7 Å². The minimum absolute atomic E-state index is 0.0560. The quantitative estimate of drug-likeness (QED) is 0.276. The molecule has 1 heterocycles. The van der Waals surface area contributed by atoms with Crippen molar-refractivity contribution in [3.8, 4) is 0 Å². The molecule has 1 aliphatic heterocycles. The summed E-state index contributed by atoms with van der Waals surface area (Å²) in [4.78, 5) is 2.47. The molecule has 0 aliphatic carbocycles. The van der Waals surface area contributed by atoms with E-state index in [1.807, 2.05) is 0 Å². The van der Waals surface area contributed by atoms with Crippen molar-refractivity contribution in [2.45, 2.75) is 78.1 Å². The molecule has 0 radical (unpaired) electrons. The zero-order valence-corrected chi connectivity index (χ0v) is 22.4. The lowest BCUT2D eigenvalue weighted by molar-refractivity contribution is 0.309. The first-order chi connectivity index (χ1) is 15.9. The van der Waals surface area contributed by atoms with Crippen LogP contribution in [0.4, 0.5) is 11.4 Å². The Bertz CT molecular complexity index is 1430. The summed E-state index contributed by atoms with van der Waals surface area (Å²) in [6.07, 6.45) is 1.12. The fraction of sp³-hybridized carbons (Fsp3) is 0.394. The highest BCUT2D eigenvalue weighted by molar-refractivity contribution is 6.17. The fourth-order valence-corrected chi connectivity index (χ4v) is 5.99. The zero-order chi connectivity index (χ0) is 24.6. The predicted molar refractivity (Wildman–Crippen MR) is 150 cm³/mol. The van der Waals surface area contributed by atoms with E-state index in [0.29, 0.717) is 0 Å². The molecule has 0 N–H and O–H groups in total. The molecule has 0 saturated heterocycles. The maximum absolute atomic E-state index is 2.51. The van der Waals surface area contributed by atoms with Gasteiger partial charge in [0, 0.05) is 29.0 Å². The van der Waals surface area contributed by atoms with Crippen molar-refractivity contribution in [2.24, 2.45) is 0 Å². The van der Waals surface area contributed by atoms with Gasteiger partial charge in [0.2, 0.25) is 0 Å². The van der Waals surface area contributed by atoms with Crippen LogP contribution in [-0.4, -0.2) is 7.05 Å². The number of hydrogen-bond acceptors (Lipinski definition) is 1. The van der Waals surface area contributed by atoms with Gasteiger partial charge in [-0.2, -0.15) is 0 Å². The van der Waals surface area contributed by atoms with Gasteiger partial charge in [-0.1, -0.05) is 109 Å². The molecule has 5 rings (SSSR count). The molecule has 0 fully saturated rings. The molecule has 0 amide bonds. The first-order valence-corrected chi connectivity index (χ1v) is 12.8. The van der Waals surface area contributed by atoms with Crippen LogP contribution in [0.3, 0.4) is 0 Å². The summed E-state index contributed by atoms with van der Waals surface area (Å²) in [5.74, 6) is 0. The molecular weight excluding hydrogens is 410 g/mol. The van der Waals surface area contributed by atoms with Crippen LogP contribution in [0.1, 0.15) is 77.1 Å². The van der Waals surface area contributed by atoms with Crippen molar-refractivity contribution in [3.63, 3.8) is 0 Å². The third-order valence-corrected chi connectivity index (χ3v) is 9.37. The second-order valence-electron chi connectivity index (χ2n) is 12.1. The smallest absolute Gasteiger partial charge is 0.0532 e. The molecule has 0 saturated carbocycles. The van der Waals surface area contributed by atoms with E-state index in [4.69, 9.17) is 0 Å². The van der Waals surface area contributed by atoms with Gasteiger partial charge in [-0.05, 0) is 57.7 Å². The van der Waals surface area contributed by atoms with Crippen LogP contribution >= 0.6 is 0 Å². The highest BCUT2D eigenvalue weighted by atomic mass is 15.1. The first-order valence-electron chi connectivity index (χ1n) is 12.8. The molecule has 0 unspecified atom stereocenters. The molecule has 4 aromatic carbocycles. The highest BCUT2D eigenvalue weighted by Gasteiger charge is 2.47. The Balaban J connectivity index is 2.03. The monoisotopic (exact) mass is 449 g/mol. The Morgan fingerprint density at radius 1 is 0.765 bits per heavy atom. The van der Waals surface area contributed by atoms with E-state index in [-0.39, 0.29) is 16.2 Å². The Kier molecular flexibility index (Phi) is 4.96. The minimum Gasteiger partial charge on any atom is -0.344 e. The summed E-state index contributed by atoms with van der Waals surface area (Å²) in [7, 11) is 2.27. The molecule has 1 heteroatoms. The van der Waals surface area contributed by atoms with E-state index < -0.39 is 0 Å². The van der Waals surface area contributed by atoms with Crippen molar-refractivity contribution >= 4 is 32.9 Å². The largest absolute Gasteiger partial charge is 0.344 e. The van der Waals surface area contributed by atoms with Crippen LogP contribution in [0, 0.1) is 6.92 Å². The normalized spacial score (nSPS) is 16.9. The lowest BCUT2D eigenvalue weighted by Crippen LogP contribution is -2.40. The zero-order valence-electron chi connectivity index (χ0n) is 22.4. The van der Waals surface area contributed by atoms with Crippen LogP contribution < -0.4 is 4.90 Å². The second-order valence-corrected chi connectivity index (χ2v) is 12.1. The molecule has 0 aromatic heterocycles. The summed E-state index contributed by atoms with van der Waals surface area (Å²) in [5.41, 5.74) is 8.31. The third-order valence-electron chi connectivity index (χ3n) is 9.37. The second kappa shape index (κ2) is 7.35. The van der Waals surface area contributed by atoms with E-state index in [9.17, 15) is 0 Å². The lowest BCUT2D eigenvalue weighted by Gasteiger charge is -2.43. The maximum Gasteiger partial charge on any atom is 0.0532 e.